The maximum absolute atomic E-state index is 9.52. The van der Waals surface area contributed by atoms with E-state index in [0.717, 1.165) is 55.6 Å². The van der Waals surface area contributed by atoms with Gasteiger partial charge in [-0.1, -0.05) is 13.3 Å². The van der Waals surface area contributed by atoms with Crippen LogP contribution in [-0.2, 0) is 4.74 Å². The number of nitrogens with zero attached hydrogens (tertiary/aromatic N) is 4. The number of anilines is 3. The summed E-state index contributed by atoms with van der Waals surface area (Å²) >= 11 is 0. The summed E-state index contributed by atoms with van der Waals surface area (Å²) in [4.78, 5) is 14.0. The zero-order chi connectivity index (χ0) is 20.2. The van der Waals surface area contributed by atoms with Gasteiger partial charge in [-0.05, 0) is 56.9 Å². The van der Waals surface area contributed by atoms with Crippen LogP contribution in [-0.4, -0.2) is 37.3 Å². The summed E-state index contributed by atoms with van der Waals surface area (Å²) in [5.41, 5.74) is 2.30. The van der Waals surface area contributed by atoms with E-state index in [1.54, 1.807) is 30.6 Å². The minimum Gasteiger partial charge on any atom is -0.508 e. The fourth-order valence-corrected chi connectivity index (χ4v) is 3.64. The summed E-state index contributed by atoms with van der Waals surface area (Å²) in [6.45, 7) is 5.07. The van der Waals surface area contributed by atoms with Gasteiger partial charge in [0, 0.05) is 18.3 Å². The van der Waals surface area contributed by atoms with Crippen LogP contribution in [0, 0.1) is 0 Å². The Morgan fingerprint density at radius 2 is 2.07 bits per heavy atom. The maximum atomic E-state index is 9.52. The predicted octanol–water partition coefficient (Wildman–Crippen LogP) is 4.58. The van der Waals surface area contributed by atoms with Crippen LogP contribution in [0.5, 0.6) is 5.75 Å². The number of aromatic hydroxyl groups is 1. The highest BCUT2D eigenvalue weighted by Gasteiger charge is 2.22. The Morgan fingerprint density at radius 1 is 1.24 bits per heavy atom. The first-order valence-electron chi connectivity index (χ1n) is 10.3. The van der Waals surface area contributed by atoms with Gasteiger partial charge in [0.2, 0.25) is 5.95 Å². The number of imidazole rings is 1. The summed E-state index contributed by atoms with van der Waals surface area (Å²) in [5.74, 6) is 1.41. The average Bonchev–Trinajstić information content (AvgIpc) is 3.15. The van der Waals surface area contributed by atoms with Crippen molar-refractivity contribution in [2.45, 2.75) is 58.2 Å². The van der Waals surface area contributed by atoms with Gasteiger partial charge in [0.25, 0.3) is 0 Å². The largest absolute Gasteiger partial charge is 0.508 e. The number of hydrogen-bond acceptors (Lipinski definition) is 7. The molecule has 8 nitrogen and oxygen atoms in total. The lowest BCUT2D eigenvalue weighted by Gasteiger charge is -2.24. The number of rotatable bonds is 7. The molecule has 3 N–H and O–H groups in total. The number of aromatic nitrogens is 4. The molecule has 29 heavy (non-hydrogen) atoms. The van der Waals surface area contributed by atoms with Gasteiger partial charge in [-0.25, -0.2) is 4.98 Å². The van der Waals surface area contributed by atoms with E-state index in [0.29, 0.717) is 11.8 Å². The van der Waals surface area contributed by atoms with E-state index in [1.807, 2.05) is 4.57 Å². The second-order valence-electron chi connectivity index (χ2n) is 7.55. The van der Waals surface area contributed by atoms with Crippen LogP contribution < -0.4 is 10.6 Å². The molecule has 0 spiro atoms. The molecular formula is C21H28N6O2. The highest BCUT2D eigenvalue weighted by atomic mass is 16.5. The fraction of sp³-hybridized carbons (Fsp3) is 0.476. The van der Waals surface area contributed by atoms with E-state index in [9.17, 15) is 5.11 Å². The molecule has 1 saturated heterocycles. The van der Waals surface area contributed by atoms with Gasteiger partial charge in [-0.2, -0.15) is 9.97 Å². The molecule has 1 aliphatic rings. The molecule has 8 heteroatoms. The number of benzene rings is 1. The molecule has 0 saturated carbocycles. The summed E-state index contributed by atoms with van der Waals surface area (Å²) in [5, 5.41) is 16.2. The molecule has 1 fully saturated rings. The smallest absolute Gasteiger partial charge is 0.231 e. The summed E-state index contributed by atoms with van der Waals surface area (Å²) in [6.07, 6.45) is 7.05. The first-order valence-corrected chi connectivity index (χ1v) is 10.3. The van der Waals surface area contributed by atoms with Gasteiger partial charge >= 0.3 is 0 Å². The lowest BCUT2D eigenvalue weighted by atomic mass is 10.2. The Balaban J connectivity index is 1.72. The molecule has 3 heterocycles. The van der Waals surface area contributed by atoms with Gasteiger partial charge in [0.15, 0.2) is 17.0 Å². The Hall–Kier alpha value is -2.87. The van der Waals surface area contributed by atoms with Crippen LogP contribution in [0.2, 0.25) is 0 Å². The zero-order valence-electron chi connectivity index (χ0n) is 16.9. The molecule has 154 valence electrons. The molecule has 0 aliphatic carbocycles. The quantitative estimate of drug-likeness (QED) is 0.503. The van der Waals surface area contributed by atoms with Crippen molar-refractivity contribution in [1.82, 2.24) is 19.5 Å². The van der Waals surface area contributed by atoms with Crippen molar-refractivity contribution in [3.05, 3.63) is 30.6 Å². The number of phenols is 1. The SMILES string of the molecule is CCCC(C)Nc1nc(Nc2ccc(O)cc2)nc2c1ncn2C1CCCCO1. The normalized spacial score (nSPS) is 17.9. The minimum atomic E-state index is -0.0499. The highest BCUT2D eigenvalue weighted by molar-refractivity contribution is 5.85. The Kier molecular flexibility index (Phi) is 5.80. The van der Waals surface area contributed by atoms with Gasteiger partial charge in [-0.3, -0.25) is 4.57 Å². The van der Waals surface area contributed by atoms with Crippen molar-refractivity contribution < 1.29 is 9.84 Å². The van der Waals surface area contributed by atoms with Crippen LogP contribution in [0.3, 0.4) is 0 Å². The van der Waals surface area contributed by atoms with Crippen LogP contribution in [0.25, 0.3) is 11.2 Å². The first-order chi connectivity index (χ1) is 14.1. The average molecular weight is 396 g/mol. The number of ether oxygens (including phenoxy) is 1. The molecule has 2 atom stereocenters. The number of phenolic OH excluding ortho intramolecular Hbond substituents is 1. The van der Waals surface area contributed by atoms with Crippen LogP contribution in [0.1, 0.15) is 52.2 Å². The Labute approximate surface area is 170 Å². The molecule has 3 aromatic rings. The first kappa shape index (κ1) is 19.4. The standard InChI is InChI=1S/C21H28N6O2/c1-3-6-14(2)23-19-18-20(27(13-22-18)17-7-4-5-12-29-17)26-21(25-19)24-15-8-10-16(28)11-9-15/h8-11,13-14,17,28H,3-7,12H2,1-2H3,(H2,23,24,25,26). The van der Waals surface area contributed by atoms with Gasteiger partial charge in [0.1, 0.15) is 12.0 Å². The lowest BCUT2D eigenvalue weighted by molar-refractivity contribution is -0.0298. The molecule has 4 rings (SSSR count). The van der Waals surface area contributed by atoms with Crippen LogP contribution >= 0.6 is 0 Å². The minimum absolute atomic E-state index is 0.0499. The number of nitrogens with one attached hydrogen (secondary N) is 2. The summed E-state index contributed by atoms with van der Waals surface area (Å²) < 4.78 is 7.96. The monoisotopic (exact) mass is 396 g/mol. The fourth-order valence-electron chi connectivity index (χ4n) is 3.64. The third-order valence-corrected chi connectivity index (χ3v) is 5.12. The maximum Gasteiger partial charge on any atom is 0.231 e. The molecule has 0 bridgehead atoms. The van der Waals surface area contributed by atoms with Crippen molar-refractivity contribution in [2.24, 2.45) is 0 Å². The van der Waals surface area contributed by atoms with Crippen molar-refractivity contribution >= 4 is 28.6 Å². The predicted molar refractivity (Wildman–Crippen MR) is 114 cm³/mol. The number of hydrogen-bond donors (Lipinski definition) is 3. The van der Waals surface area contributed by atoms with Crippen molar-refractivity contribution in [3.8, 4) is 5.75 Å². The van der Waals surface area contributed by atoms with E-state index in [2.05, 4.69) is 34.4 Å². The third kappa shape index (κ3) is 4.42. The van der Waals surface area contributed by atoms with Gasteiger partial charge in [-0.15, -0.1) is 0 Å². The van der Waals surface area contributed by atoms with E-state index in [1.165, 1.54) is 0 Å². The van der Waals surface area contributed by atoms with Crippen LogP contribution in [0.15, 0.2) is 30.6 Å². The van der Waals surface area contributed by atoms with E-state index in [4.69, 9.17) is 9.72 Å². The topological polar surface area (TPSA) is 97.1 Å². The van der Waals surface area contributed by atoms with Crippen molar-refractivity contribution in [3.63, 3.8) is 0 Å². The van der Waals surface area contributed by atoms with Gasteiger partial charge in [0.05, 0.1) is 6.33 Å². The van der Waals surface area contributed by atoms with Gasteiger partial charge < -0.3 is 20.5 Å². The third-order valence-electron chi connectivity index (χ3n) is 5.12. The second-order valence-corrected chi connectivity index (χ2v) is 7.55. The van der Waals surface area contributed by atoms with E-state index < -0.39 is 0 Å². The van der Waals surface area contributed by atoms with Crippen LogP contribution in [0.4, 0.5) is 17.5 Å². The molecule has 2 aromatic heterocycles. The lowest BCUT2D eigenvalue weighted by Crippen LogP contribution is -2.19. The molecule has 1 aromatic carbocycles. The summed E-state index contributed by atoms with van der Waals surface area (Å²) in [6, 6.07) is 7.11. The van der Waals surface area contributed by atoms with E-state index in [-0.39, 0.29) is 18.0 Å². The van der Waals surface area contributed by atoms with Crippen molar-refractivity contribution in [1.29, 1.82) is 0 Å². The zero-order valence-corrected chi connectivity index (χ0v) is 16.9. The second kappa shape index (κ2) is 8.65. The highest BCUT2D eigenvalue weighted by Crippen LogP contribution is 2.29. The Bertz CT molecular complexity index is 950. The molecule has 1 aliphatic heterocycles. The molecule has 2 unspecified atom stereocenters. The van der Waals surface area contributed by atoms with Crippen molar-refractivity contribution in [2.75, 3.05) is 17.2 Å². The molecular weight excluding hydrogens is 368 g/mol. The molecule has 0 amide bonds. The number of fused-ring (bicyclic) bond motifs is 1. The van der Waals surface area contributed by atoms with E-state index >= 15 is 0 Å². The summed E-state index contributed by atoms with van der Waals surface area (Å²) in [7, 11) is 0. The molecule has 0 radical (unpaired) electrons. The Morgan fingerprint density at radius 3 is 2.79 bits per heavy atom.